The lowest BCUT2D eigenvalue weighted by Crippen LogP contribution is -2.55. The highest BCUT2D eigenvalue weighted by Crippen LogP contribution is 2.18. The number of likely N-dealkylation sites (tertiary alicyclic amines) is 1. The molecule has 1 heterocycles. The van der Waals surface area contributed by atoms with Gasteiger partial charge >= 0.3 is 6.09 Å². The van der Waals surface area contributed by atoms with Crippen LogP contribution in [0, 0.1) is 0 Å². The van der Waals surface area contributed by atoms with Crippen molar-refractivity contribution < 1.29 is 14.3 Å². The second-order valence-electron chi connectivity index (χ2n) is 7.03. The lowest BCUT2D eigenvalue weighted by atomic mass is 10.2. The first kappa shape index (κ1) is 18.1. The Kier molecular flexibility index (Phi) is 5.70. The van der Waals surface area contributed by atoms with E-state index in [0.29, 0.717) is 0 Å². The molecule has 1 aliphatic rings. The second-order valence-corrected chi connectivity index (χ2v) is 7.03. The topological polar surface area (TPSA) is 61.9 Å². The highest BCUT2D eigenvalue weighted by atomic mass is 16.6. The maximum atomic E-state index is 12.7. The fourth-order valence-corrected chi connectivity index (χ4v) is 2.69. The van der Waals surface area contributed by atoms with Crippen LogP contribution in [0.3, 0.4) is 0 Å². The van der Waals surface area contributed by atoms with Gasteiger partial charge < -0.3 is 9.64 Å². The number of hydrazine groups is 1. The van der Waals surface area contributed by atoms with E-state index in [9.17, 15) is 9.59 Å². The van der Waals surface area contributed by atoms with E-state index in [1.165, 1.54) is 0 Å². The molecule has 1 fully saturated rings. The lowest BCUT2D eigenvalue weighted by Gasteiger charge is -2.33. The number of amides is 2. The minimum absolute atomic E-state index is 0.00686. The van der Waals surface area contributed by atoms with Gasteiger partial charge in [-0.2, -0.15) is 0 Å². The molecule has 24 heavy (non-hydrogen) atoms. The number of hydrogen-bond donors (Lipinski definition) is 1. The zero-order valence-electron chi connectivity index (χ0n) is 14.9. The Morgan fingerprint density at radius 1 is 1.17 bits per heavy atom. The number of benzene rings is 1. The van der Waals surface area contributed by atoms with Crippen LogP contribution >= 0.6 is 0 Å². The van der Waals surface area contributed by atoms with E-state index in [0.717, 1.165) is 31.6 Å². The number of rotatable bonds is 4. The summed E-state index contributed by atoms with van der Waals surface area (Å²) in [6.07, 6.45) is 1.49. The third-order valence-electron chi connectivity index (χ3n) is 3.81. The van der Waals surface area contributed by atoms with Gasteiger partial charge in [-0.1, -0.05) is 18.2 Å². The van der Waals surface area contributed by atoms with Crippen LogP contribution in [0.4, 0.5) is 10.5 Å². The molecule has 0 radical (unpaired) electrons. The number of anilines is 1. The molecule has 0 aliphatic carbocycles. The van der Waals surface area contributed by atoms with Crippen molar-refractivity contribution in [2.75, 3.05) is 18.1 Å². The molecular formula is C18H27N3O3. The molecule has 0 aromatic heterocycles. The van der Waals surface area contributed by atoms with Crippen molar-refractivity contribution >= 4 is 17.7 Å². The Hall–Kier alpha value is -2.24. The molecule has 132 valence electrons. The predicted molar refractivity (Wildman–Crippen MR) is 93.6 cm³/mol. The Labute approximate surface area is 143 Å². The first-order valence-electron chi connectivity index (χ1n) is 8.40. The van der Waals surface area contributed by atoms with E-state index < -0.39 is 17.7 Å². The monoisotopic (exact) mass is 333 g/mol. The van der Waals surface area contributed by atoms with Crippen LogP contribution in [-0.4, -0.2) is 41.6 Å². The van der Waals surface area contributed by atoms with E-state index in [1.807, 2.05) is 35.2 Å². The smallest absolute Gasteiger partial charge is 0.426 e. The third kappa shape index (κ3) is 4.88. The van der Waals surface area contributed by atoms with Crippen LogP contribution in [0.1, 0.15) is 40.5 Å². The van der Waals surface area contributed by atoms with Crippen LogP contribution in [-0.2, 0) is 9.53 Å². The molecule has 0 spiro atoms. The van der Waals surface area contributed by atoms with E-state index in [4.69, 9.17) is 4.74 Å². The van der Waals surface area contributed by atoms with Crippen LogP contribution < -0.4 is 10.4 Å². The molecule has 2 amide bonds. The van der Waals surface area contributed by atoms with Crippen molar-refractivity contribution in [1.29, 1.82) is 0 Å². The minimum Gasteiger partial charge on any atom is -0.443 e. The fraction of sp³-hybridized carbons (Fsp3) is 0.556. The zero-order chi connectivity index (χ0) is 17.7. The Morgan fingerprint density at radius 3 is 2.29 bits per heavy atom. The van der Waals surface area contributed by atoms with Gasteiger partial charge in [0.2, 0.25) is 5.91 Å². The average molecular weight is 333 g/mol. The minimum atomic E-state index is -0.603. The van der Waals surface area contributed by atoms with E-state index >= 15 is 0 Å². The van der Waals surface area contributed by atoms with Gasteiger partial charge in [-0.05, 0) is 52.7 Å². The van der Waals surface area contributed by atoms with E-state index in [-0.39, 0.29) is 5.91 Å². The van der Waals surface area contributed by atoms with Crippen molar-refractivity contribution in [2.24, 2.45) is 0 Å². The number of hydrogen-bond acceptors (Lipinski definition) is 4. The molecule has 1 saturated heterocycles. The molecule has 1 aliphatic heterocycles. The second kappa shape index (κ2) is 7.55. The van der Waals surface area contributed by atoms with Gasteiger partial charge in [-0.15, -0.1) is 0 Å². The maximum Gasteiger partial charge on any atom is 0.426 e. The summed E-state index contributed by atoms with van der Waals surface area (Å²) in [6.45, 7) is 8.76. The molecule has 0 bridgehead atoms. The SMILES string of the molecule is CC(C(=O)N1CCCC1)N(NC(=O)OC(C)(C)C)c1ccccc1. The van der Waals surface area contributed by atoms with Crippen molar-refractivity contribution in [2.45, 2.75) is 52.2 Å². The maximum absolute atomic E-state index is 12.7. The summed E-state index contributed by atoms with van der Waals surface area (Å²) < 4.78 is 5.33. The molecule has 0 saturated carbocycles. The van der Waals surface area contributed by atoms with Crippen molar-refractivity contribution in [3.63, 3.8) is 0 Å². The van der Waals surface area contributed by atoms with Crippen LogP contribution in [0.25, 0.3) is 0 Å². The van der Waals surface area contributed by atoms with Gasteiger partial charge in [0.15, 0.2) is 0 Å². The summed E-state index contributed by atoms with van der Waals surface area (Å²) in [7, 11) is 0. The normalized spacial score (nSPS) is 15.8. The van der Waals surface area contributed by atoms with Crippen LogP contribution in [0.2, 0.25) is 0 Å². The Bertz CT molecular complexity index is 563. The quantitative estimate of drug-likeness (QED) is 0.861. The number of carbonyl (C=O) groups is 2. The standard InChI is InChI=1S/C18H27N3O3/c1-14(16(22)20-12-8-9-13-20)21(15-10-6-5-7-11-15)19-17(23)24-18(2,3)4/h5-7,10-11,14H,8-9,12-13H2,1-4H3,(H,19,23). The van der Waals surface area contributed by atoms with Crippen LogP contribution in [0.15, 0.2) is 30.3 Å². The summed E-state index contributed by atoms with van der Waals surface area (Å²) in [5.74, 6) is 0.00686. The number of ether oxygens (including phenoxy) is 1. The summed E-state index contributed by atoms with van der Waals surface area (Å²) in [4.78, 5) is 26.8. The van der Waals surface area contributed by atoms with Crippen molar-refractivity contribution in [3.8, 4) is 0 Å². The summed E-state index contributed by atoms with van der Waals surface area (Å²) in [6, 6.07) is 8.81. The molecule has 6 heteroatoms. The molecule has 2 rings (SSSR count). The third-order valence-corrected chi connectivity index (χ3v) is 3.81. The largest absolute Gasteiger partial charge is 0.443 e. The van der Waals surface area contributed by atoms with Gasteiger partial charge in [0.05, 0.1) is 5.69 Å². The van der Waals surface area contributed by atoms with E-state index in [1.54, 1.807) is 32.7 Å². The number of nitrogens with zero attached hydrogens (tertiary/aromatic N) is 2. The first-order chi connectivity index (χ1) is 11.3. The molecule has 1 atom stereocenters. The molecule has 1 unspecified atom stereocenters. The number of carbonyl (C=O) groups excluding carboxylic acids is 2. The number of para-hydroxylation sites is 1. The molecule has 1 N–H and O–H groups in total. The molecular weight excluding hydrogens is 306 g/mol. The fourth-order valence-electron chi connectivity index (χ4n) is 2.69. The van der Waals surface area contributed by atoms with Crippen LogP contribution in [0.5, 0.6) is 0 Å². The summed E-state index contributed by atoms with van der Waals surface area (Å²) >= 11 is 0. The molecule has 1 aromatic rings. The number of nitrogens with one attached hydrogen (secondary N) is 1. The Morgan fingerprint density at radius 2 is 1.75 bits per heavy atom. The average Bonchev–Trinajstić information content (AvgIpc) is 3.05. The van der Waals surface area contributed by atoms with Gasteiger partial charge in [-0.25, -0.2) is 10.2 Å². The highest BCUT2D eigenvalue weighted by Gasteiger charge is 2.30. The first-order valence-corrected chi connectivity index (χ1v) is 8.40. The summed E-state index contributed by atoms with van der Waals surface area (Å²) in [5.41, 5.74) is 2.86. The Balaban J connectivity index is 2.16. The van der Waals surface area contributed by atoms with Gasteiger partial charge in [0.25, 0.3) is 0 Å². The summed E-state index contributed by atoms with van der Waals surface area (Å²) in [5, 5.41) is 1.58. The molecule has 6 nitrogen and oxygen atoms in total. The van der Waals surface area contributed by atoms with Gasteiger partial charge in [0.1, 0.15) is 11.6 Å². The van der Waals surface area contributed by atoms with E-state index in [2.05, 4.69) is 5.43 Å². The van der Waals surface area contributed by atoms with Crippen molar-refractivity contribution in [1.82, 2.24) is 10.3 Å². The highest BCUT2D eigenvalue weighted by molar-refractivity contribution is 5.86. The zero-order valence-corrected chi connectivity index (χ0v) is 14.9. The van der Waals surface area contributed by atoms with Gasteiger partial charge in [-0.3, -0.25) is 9.80 Å². The van der Waals surface area contributed by atoms with Gasteiger partial charge in [0, 0.05) is 13.1 Å². The lowest BCUT2D eigenvalue weighted by molar-refractivity contribution is -0.131. The predicted octanol–water partition coefficient (Wildman–Crippen LogP) is 2.94. The molecule has 1 aromatic carbocycles. The van der Waals surface area contributed by atoms with Crippen molar-refractivity contribution in [3.05, 3.63) is 30.3 Å².